The lowest BCUT2D eigenvalue weighted by atomic mass is 9.96. The van der Waals surface area contributed by atoms with E-state index in [-0.39, 0.29) is 5.03 Å². The van der Waals surface area contributed by atoms with E-state index in [9.17, 15) is 10.1 Å². The van der Waals surface area contributed by atoms with E-state index >= 15 is 0 Å². The van der Waals surface area contributed by atoms with Crippen LogP contribution in [-0.2, 0) is 0 Å². The Kier molecular flexibility index (Phi) is 2.60. The van der Waals surface area contributed by atoms with Crippen LogP contribution in [-0.4, -0.2) is 9.92 Å². The number of hydrogen-bond acceptors (Lipinski definition) is 3. The third kappa shape index (κ3) is 1.41. The van der Waals surface area contributed by atoms with Gasteiger partial charge in [0.1, 0.15) is 5.03 Å². The Morgan fingerprint density at radius 1 is 1.77 bits per heavy atom. The number of alkyl halides is 1. The van der Waals surface area contributed by atoms with Crippen molar-refractivity contribution in [1.29, 1.82) is 5.26 Å². The molecule has 4 nitrogen and oxygen atoms in total. The average Bonchev–Trinajstić information content (AvgIpc) is 2.09. The molecule has 0 fully saturated rings. The fraction of sp³-hybridized carbons (Fsp3) is 0.286. The highest BCUT2D eigenvalue weighted by atomic mass is 35.5. The van der Waals surface area contributed by atoms with Crippen molar-refractivity contribution < 1.29 is 4.92 Å². The monoisotopic (exact) mass is 218 g/mol. The summed E-state index contributed by atoms with van der Waals surface area (Å²) in [6.45, 7) is 0. The normalized spacial score (nSPS) is 32.1. The Bertz CT molecular complexity index is 345. The molecule has 68 valence electrons. The van der Waals surface area contributed by atoms with Gasteiger partial charge < -0.3 is 0 Å². The molecule has 0 N–H and O–H groups in total. The zero-order valence-electron chi connectivity index (χ0n) is 6.28. The lowest BCUT2D eigenvalue weighted by Gasteiger charge is -2.22. The van der Waals surface area contributed by atoms with Gasteiger partial charge in [0.2, 0.25) is 0 Å². The standard InChI is InChI=1S/C7H4Cl2N2O2/c8-6-3-1-2-5(4-10)7(6,9)11(12)13/h1-3,5H. The van der Waals surface area contributed by atoms with Crippen molar-refractivity contribution in [2.24, 2.45) is 5.92 Å². The Morgan fingerprint density at radius 3 is 2.77 bits per heavy atom. The first-order chi connectivity index (χ1) is 6.03. The Balaban J connectivity index is 3.20. The number of nitrogens with zero attached hydrogens (tertiary/aromatic N) is 2. The molecule has 1 aliphatic rings. The van der Waals surface area contributed by atoms with Gasteiger partial charge in [0.05, 0.1) is 11.0 Å². The fourth-order valence-corrected chi connectivity index (χ4v) is 1.42. The minimum Gasteiger partial charge on any atom is -0.262 e. The Morgan fingerprint density at radius 2 is 2.38 bits per heavy atom. The van der Waals surface area contributed by atoms with Crippen molar-refractivity contribution in [2.75, 3.05) is 0 Å². The van der Waals surface area contributed by atoms with Crippen LogP contribution >= 0.6 is 23.2 Å². The van der Waals surface area contributed by atoms with Gasteiger partial charge in [-0.25, -0.2) is 0 Å². The van der Waals surface area contributed by atoms with Crippen LogP contribution < -0.4 is 0 Å². The molecule has 0 saturated carbocycles. The molecule has 0 saturated heterocycles. The minimum atomic E-state index is -2.02. The zero-order valence-corrected chi connectivity index (χ0v) is 7.79. The second kappa shape index (κ2) is 3.36. The van der Waals surface area contributed by atoms with Gasteiger partial charge >= 0.3 is 5.00 Å². The number of nitriles is 1. The van der Waals surface area contributed by atoms with E-state index in [1.165, 1.54) is 18.2 Å². The molecule has 0 aromatic heterocycles. The fourth-order valence-electron chi connectivity index (χ4n) is 0.973. The smallest absolute Gasteiger partial charge is 0.262 e. The summed E-state index contributed by atoms with van der Waals surface area (Å²) in [5.41, 5.74) is 0. The highest BCUT2D eigenvalue weighted by Crippen LogP contribution is 2.39. The summed E-state index contributed by atoms with van der Waals surface area (Å²) in [7, 11) is 0. The molecule has 0 amide bonds. The first-order valence-electron chi connectivity index (χ1n) is 3.31. The molecule has 6 heteroatoms. The molecule has 0 bridgehead atoms. The quantitative estimate of drug-likeness (QED) is 0.293. The van der Waals surface area contributed by atoms with Crippen molar-refractivity contribution in [3.8, 4) is 6.07 Å². The number of rotatable bonds is 1. The Labute approximate surface area is 84.2 Å². The van der Waals surface area contributed by atoms with Gasteiger partial charge in [-0.15, -0.1) is 0 Å². The third-order valence-electron chi connectivity index (χ3n) is 1.70. The second-order valence-electron chi connectivity index (χ2n) is 2.44. The molecule has 1 aliphatic carbocycles. The van der Waals surface area contributed by atoms with E-state index in [1.54, 1.807) is 6.07 Å². The van der Waals surface area contributed by atoms with Gasteiger partial charge in [-0.2, -0.15) is 5.26 Å². The third-order valence-corrected chi connectivity index (χ3v) is 2.79. The maximum Gasteiger partial charge on any atom is 0.349 e. The van der Waals surface area contributed by atoms with Gasteiger partial charge in [-0.1, -0.05) is 23.8 Å². The van der Waals surface area contributed by atoms with Gasteiger partial charge in [0.15, 0.2) is 5.92 Å². The molecule has 0 heterocycles. The van der Waals surface area contributed by atoms with Crippen LogP contribution in [0.3, 0.4) is 0 Å². The van der Waals surface area contributed by atoms with Crippen molar-refractivity contribution in [3.63, 3.8) is 0 Å². The Hall–Kier alpha value is -1.05. The average molecular weight is 219 g/mol. The van der Waals surface area contributed by atoms with Crippen LogP contribution in [0.15, 0.2) is 23.3 Å². The molecule has 0 aliphatic heterocycles. The molecule has 13 heavy (non-hydrogen) atoms. The summed E-state index contributed by atoms with van der Waals surface area (Å²) >= 11 is 11.2. The molecular formula is C7H4Cl2N2O2. The number of allylic oxidation sites excluding steroid dienone is 2. The zero-order chi connectivity index (χ0) is 10.1. The number of hydrogen-bond donors (Lipinski definition) is 0. The van der Waals surface area contributed by atoms with Crippen LogP contribution in [0.4, 0.5) is 0 Å². The maximum atomic E-state index is 10.6. The molecular weight excluding hydrogens is 215 g/mol. The highest BCUT2D eigenvalue weighted by molar-refractivity contribution is 6.39. The summed E-state index contributed by atoms with van der Waals surface area (Å²) in [5.74, 6) is -1.04. The van der Waals surface area contributed by atoms with Crippen LogP contribution in [0.5, 0.6) is 0 Å². The molecule has 0 spiro atoms. The summed E-state index contributed by atoms with van der Waals surface area (Å²) in [5, 5.41) is 19.1. The van der Waals surface area contributed by atoms with E-state index in [4.69, 9.17) is 28.5 Å². The van der Waals surface area contributed by atoms with E-state index < -0.39 is 15.8 Å². The van der Waals surface area contributed by atoms with E-state index in [0.717, 1.165) is 0 Å². The van der Waals surface area contributed by atoms with Gasteiger partial charge in [-0.3, -0.25) is 10.1 Å². The lowest BCUT2D eigenvalue weighted by molar-refractivity contribution is -0.534. The van der Waals surface area contributed by atoms with E-state index in [2.05, 4.69) is 0 Å². The van der Waals surface area contributed by atoms with Gasteiger partial charge in [-0.05, 0) is 17.7 Å². The van der Waals surface area contributed by atoms with Crippen LogP contribution in [0.2, 0.25) is 0 Å². The predicted molar refractivity (Wildman–Crippen MR) is 47.8 cm³/mol. The molecule has 0 aromatic carbocycles. The van der Waals surface area contributed by atoms with Crippen LogP contribution in [0.1, 0.15) is 0 Å². The maximum absolute atomic E-state index is 10.6. The second-order valence-corrected chi connectivity index (χ2v) is 3.42. The number of halogens is 2. The van der Waals surface area contributed by atoms with E-state index in [1.807, 2.05) is 0 Å². The summed E-state index contributed by atoms with van der Waals surface area (Å²) < 4.78 is 0. The first kappa shape index (κ1) is 10.0. The molecule has 1 rings (SSSR count). The molecule has 2 unspecified atom stereocenters. The molecule has 0 radical (unpaired) electrons. The topological polar surface area (TPSA) is 66.9 Å². The summed E-state index contributed by atoms with van der Waals surface area (Å²) in [6.07, 6.45) is 4.13. The predicted octanol–water partition coefficient (Wildman–Crippen LogP) is 2.03. The molecule has 2 atom stereocenters. The van der Waals surface area contributed by atoms with Crippen molar-refractivity contribution >= 4 is 23.2 Å². The van der Waals surface area contributed by atoms with Crippen LogP contribution in [0.25, 0.3) is 0 Å². The first-order valence-corrected chi connectivity index (χ1v) is 4.06. The van der Waals surface area contributed by atoms with E-state index in [0.29, 0.717) is 0 Å². The lowest BCUT2D eigenvalue weighted by Crippen LogP contribution is -2.40. The largest absolute Gasteiger partial charge is 0.349 e. The molecule has 0 aromatic rings. The van der Waals surface area contributed by atoms with Gasteiger partial charge in [0, 0.05) is 0 Å². The summed E-state index contributed by atoms with van der Waals surface area (Å²) in [4.78, 5) is 7.84. The van der Waals surface area contributed by atoms with Crippen molar-refractivity contribution in [2.45, 2.75) is 5.00 Å². The van der Waals surface area contributed by atoms with Crippen LogP contribution in [0, 0.1) is 27.4 Å². The minimum absolute atomic E-state index is 0.145. The SMILES string of the molecule is N#CC1C=CC=C(Cl)C1(Cl)[N+](=O)[O-]. The van der Waals surface area contributed by atoms with Gasteiger partial charge in [0.25, 0.3) is 0 Å². The van der Waals surface area contributed by atoms with Crippen molar-refractivity contribution in [3.05, 3.63) is 33.4 Å². The van der Waals surface area contributed by atoms with Crippen molar-refractivity contribution in [1.82, 2.24) is 0 Å². The summed E-state index contributed by atoms with van der Waals surface area (Å²) in [6, 6.07) is 1.72. The highest BCUT2D eigenvalue weighted by Gasteiger charge is 2.52. The number of nitro groups is 1.